The second-order valence-corrected chi connectivity index (χ2v) is 19.2. The number of rotatable bonds is 7. The van der Waals surface area contributed by atoms with Gasteiger partial charge >= 0.3 is 0 Å². The van der Waals surface area contributed by atoms with Gasteiger partial charge in [-0.3, -0.25) is 0 Å². The van der Waals surface area contributed by atoms with Crippen molar-refractivity contribution in [1.29, 1.82) is 0 Å². The SMILES string of the molecule is CC(C)c1ccc2c(c1)c1cc(-c3cccc4c(-c5cccc6ccccc56)c5cccc(-c6ccc7c(c6)c6cc(C(C)C)ccc6n7-c6ccccc6)c5cc34)ccc1n2-c1ccccc1. The number of hydrogen-bond acceptors (Lipinski definition) is 0. The van der Waals surface area contributed by atoms with E-state index in [-0.39, 0.29) is 0 Å². The first-order valence-corrected chi connectivity index (χ1v) is 24.1. The highest BCUT2D eigenvalue weighted by molar-refractivity contribution is 6.22. The normalized spacial score (nSPS) is 12.1. The van der Waals surface area contributed by atoms with Crippen molar-refractivity contribution in [3.63, 3.8) is 0 Å². The Morgan fingerprint density at radius 3 is 1.18 bits per heavy atom. The number of nitrogens with zero attached hydrogens (tertiary/aromatic N) is 2. The summed E-state index contributed by atoms with van der Waals surface area (Å²) in [5.74, 6) is 0.845. The molecular formula is C66H50N2. The first-order chi connectivity index (χ1) is 33.4. The second-order valence-electron chi connectivity index (χ2n) is 19.2. The van der Waals surface area contributed by atoms with E-state index in [1.165, 1.54) is 132 Å². The molecule has 0 saturated carbocycles. The fraction of sp³-hybridized carbons (Fsp3) is 0.0909. The predicted molar refractivity (Wildman–Crippen MR) is 292 cm³/mol. The van der Waals surface area contributed by atoms with Crippen LogP contribution in [-0.4, -0.2) is 9.13 Å². The maximum absolute atomic E-state index is 2.49. The molecule has 0 aliphatic heterocycles. The van der Waals surface area contributed by atoms with Crippen molar-refractivity contribution < 1.29 is 0 Å². The van der Waals surface area contributed by atoms with Crippen LogP contribution in [0.2, 0.25) is 0 Å². The summed E-state index contributed by atoms with van der Waals surface area (Å²) in [6.07, 6.45) is 0. The monoisotopic (exact) mass is 870 g/mol. The van der Waals surface area contributed by atoms with Crippen molar-refractivity contribution in [3.05, 3.63) is 230 Å². The molecule has 2 aromatic heterocycles. The van der Waals surface area contributed by atoms with Crippen LogP contribution < -0.4 is 0 Å². The average molecular weight is 871 g/mol. The van der Waals surface area contributed by atoms with Crippen LogP contribution in [0.15, 0.2) is 218 Å². The van der Waals surface area contributed by atoms with Gasteiger partial charge in [-0.25, -0.2) is 0 Å². The van der Waals surface area contributed by atoms with Crippen molar-refractivity contribution in [1.82, 2.24) is 9.13 Å². The third-order valence-corrected chi connectivity index (χ3v) is 14.7. The van der Waals surface area contributed by atoms with Crippen LogP contribution in [0.1, 0.15) is 50.7 Å². The van der Waals surface area contributed by atoms with E-state index >= 15 is 0 Å². The van der Waals surface area contributed by atoms with Crippen LogP contribution in [0.5, 0.6) is 0 Å². The van der Waals surface area contributed by atoms with Gasteiger partial charge in [-0.1, -0.05) is 167 Å². The number of hydrogen-bond donors (Lipinski definition) is 0. The van der Waals surface area contributed by atoms with E-state index in [0.29, 0.717) is 11.8 Å². The molecule has 0 bridgehead atoms. The van der Waals surface area contributed by atoms with Gasteiger partial charge in [0.05, 0.1) is 22.1 Å². The van der Waals surface area contributed by atoms with Gasteiger partial charge in [-0.2, -0.15) is 0 Å². The molecule has 0 aliphatic carbocycles. The lowest BCUT2D eigenvalue weighted by Crippen LogP contribution is -1.94. The standard InChI is InChI=1S/C66H50N2/c1-41(2)44-28-32-62-58(36-44)60-38-46(30-34-64(60)67(62)48-18-7-5-8-19-48)51-23-14-26-54-56(51)40-57-52(24-15-27-55(57)66(54)53-25-13-17-43-16-11-12-22-50(43)53)47-31-35-65-61(39-47)59-37-45(42(3)4)29-33-63(59)68(65)49-20-9-6-10-21-49/h5-42H,1-4H3. The summed E-state index contributed by atoms with van der Waals surface area (Å²) < 4.78 is 4.86. The fourth-order valence-electron chi connectivity index (χ4n) is 11.2. The summed E-state index contributed by atoms with van der Waals surface area (Å²) >= 11 is 0. The van der Waals surface area contributed by atoms with E-state index in [2.05, 4.69) is 255 Å². The van der Waals surface area contributed by atoms with E-state index in [0.717, 1.165) is 0 Å². The van der Waals surface area contributed by atoms with Gasteiger partial charge in [0.1, 0.15) is 0 Å². The lowest BCUT2D eigenvalue weighted by atomic mass is 9.85. The van der Waals surface area contributed by atoms with Gasteiger partial charge in [-0.15, -0.1) is 0 Å². The second kappa shape index (κ2) is 15.7. The van der Waals surface area contributed by atoms with Gasteiger partial charge in [0.2, 0.25) is 0 Å². The molecule has 2 heterocycles. The summed E-state index contributed by atoms with van der Waals surface area (Å²) in [5, 5.41) is 12.6. The van der Waals surface area contributed by atoms with Crippen LogP contribution in [0.3, 0.4) is 0 Å². The molecule has 0 fully saturated rings. The van der Waals surface area contributed by atoms with Gasteiger partial charge in [-0.05, 0) is 168 Å². The summed E-state index contributed by atoms with van der Waals surface area (Å²) in [5.41, 5.74) is 17.3. The number of benzene rings is 11. The van der Waals surface area contributed by atoms with Crippen LogP contribution >= 0.6 is 0 Å². The van der Waals surface area contributed by atoms with Crippen LogP contribution in [0, 0.1) is 0 Å². The summed E-state index contributed by atoms with van der Waals surface area (Å²) in [6.45, 7) is 9.15. The smallest absolute Gasteiger partial charge is 0.0541 e. The topological polar surface area (TPSA) is 9.86 Å². The molecule has 324 valence electrons. The van der Waals surface area contributed by atoms with E-state index < -0.39 is 0 Å². The predicted octanol–water partition coefficient (Wildman–Crippen LogP) is 18.6. The Balaban J connectivity index is 1.10. The molecule has 0 spiro atoms. The van der Waals surface area contributed by atoms with Crippen molar-refractivity contribution in [3.8, 4) is 44.8 Å². The zero-order chi connectivity index (χ0) is 45.6. The van der Waals surface area contributed by atoms with Crippen LogP contribution in [0.4, 0.5) is 0 Å². The first kappa shape index (κ1) is 40.1. The zero-order valence-electron chi connectivity index (χ0n) is 38.8. The van der Waals surface area contributed by atoms with E-state index in [4.69, 9.17) is 0 Å². The van der Waals surface area contributed by atoms with Gasteiger partial charge in [0.25, 0.3) is 0 Å². The Morgan fingerprint density at radius 1 is 0.279 bits per heavy atom. The molecule has 13 aromatic rings. The molecule has 11 aromatic carbocycles. The van der Waals surface area contributed by atoms with Gasteiger partial charge in [0.15, 0.2) is 0 Å². The van der Waals surface area contributed by atoms with Gasteiger partial charge < -0.3 is 9.13 Å². The van der Waals surface area contributed by atoms with Crippen molar-refractivity contribution in [2.75, 3.05) is 0 Å². The number of aromatic nitrogens is 2. The maximum Gasteiger partial charge on any atom is 0.0541 e. The summed E-state index contributed by atoms with van der Waals surface area (Å²) in [4.78, 5) is 0. The highest BCUT2D eigenvalue weighted by atomic mass is 15.0. The minimum absolute atomic E-state index is 0.423. The molecule has 0 radical (unpaired) electrons. The molecule has 13 rings (SSSR count). The number of fused-ring (bicyclic) bond motifs is 9. The Bertz CT molecular complexity index is 3900. The highest BCUT2D eigenvalue weighted by Gasteiger charge is 2.21. The number of para-hydroxylation sites is 2. The third-order valence-electron chi connectivity index (χ3n) is 14.7. The Kier molecular flexibility index (Phi) is 9.27. The minimum Gasteiger partial charge on any atom is -0.309 e. The fourth-order valence-corrected chi connectivity index (χ4v) is 11.2. The quantitative estimate of drug-likeness (QED) is 0.141. The molecule has 0 aliphatic rings. The van der Waals surface area contributed by atoms with E-state index in [1.807, 2.05) is 0 Å². The molecular weight excluding hydrogens is 821 g/mol. The Morgan fingerprint density at radius 2 is 0.676 bits per heavy atom. The minimum atomic E-state index is 0.423. The molecule has 0 atom stereocenters. The van der Waals surface area contributed by atoms with Crippen LogP contribution in [0.25, 0.3) is 121 Å². The van der Waals surface area contributed by atoms with Crippen LogP contribution in [-0.2, 0) is 0 Å². The highest BCUT2D eigenvalue weighted by Crippen LogP contribution is 2.47. The van der Waals surface area contributed by atoms with Crippen molar-refractivity contribution in [2.45, 2.75) is 39.5 Å². The largest absolute Gasteiger partial charge is 0.309 e. The molecule has 68 heavy (non-hydrogen) atoms. The third kappa shape index (κ3) is 6.25. The summed E-state index contributed by atoms with van der Waals surface area (Å²) in [7, 11) is 0. The molecule has 0 saturated heterocycles. The molecule has 0 N–H and O–H groups in total. The molecule has 2 heteroatoms. The first-order valence-electron chi connectivity index (χ1n) is 24.1. The van der Waals surface area contributed by atoms with E-state index in [9.17, 15) is 0 Å². The maximum atomic E-state index is 2.49. The molecule has 2 nitrogen and oxygen atoms in total. The lowest BCUT2D eigenvalue weighted by Gasteiger charge is -2.19. The molecule has 0 unspecified atom stereocenters. The zero-order valence-corrected chi connectivity index (χ0v) is 38.8. The Hall–Kier alpha value is -8.20. The Labute approximate surface area is 397 Å². The lowest BCUT2D eigenvalue weighted by molar-refractivity contribution is 0.868. The summed E-state index contributed by atoms with van der Waals surface area (Å²) in [6, 6.07) is 81.9. The van der Waals surface area contributed by atoms with Gasteiger partial charge in [0, 0.05) is 32.9 Å². The van der Waals surface area contributed by atoms with E-state index in [1.54, 1.807) is 0 Å². The van der Waals surface area contributed by atoms with Crippen molar-refractivity contribution in [2.24, 2.45) is 0 Å². The van der Waals surface area contributed by atoms with Crippen molar-refractivity contribution >= 4 is 75.9 Å². The molecule has 0 amide bonds. The average Bonchev–Trinajstić information content (AvgIpc) is 3.89.